The summed E-state index contributed by atoms with van der Waals surface area (Å²) in [6, 6.07) is 8.43. The number of fused-ring (bicyclic) bond motifs is 7. The second kappa shape index (κ2) is 10.5. The Labute approximate surface area is 255 Å². The van der Waals surface area contributed by atoms with Crippen molar-refractivity contribution >= 4 is 11.3 Å². The van der Waals surface area contributed by atoms with Crippen molar-refractivity contribution in [3.63, 3.8) is 0 Å². The van der Waals surface area contributed by atoms with Crippen LogP contribution in [0.2, 0.25) is 0 Å². The van der Waals surface area contributed by atoms with Crippen molar-refractivity contribution in [2.45, 2.75) is 111 Å². The Bertz CT molecular complexity index is 1220. The lowest BCUT2D eigenvalue weighted by Crippen LogP contribution is -2.67. The number of benzene rings is 1. The Morgan fingerprint density at radius 3 is 2.26 bits per heavy atom. The second-order valence-corrected chi connectivity index (χ2v) is 16.2. The number of allylic oxidation sites excluding steroid dienone is 2. The van der Waals surface area contributed by atoms with Crippen LogP contribution in [0.15, 0.2) is 36.9 Å². The minimum Gasteiger partial charge on any atom is -0.508 e. The highest BCUT2D eigenvalue weighted by atomic mass is 16.7. The Morgan fingerprint density at radius 2 is 1.60 bits per heavy atom. The van der Waals surface area contributed by atoms with Crippen molar-refractivity contribution in [3.8, 4) is 0 Å². The maximum atomic E-state index is 9.86. The van der Waals surface area contributed by atoms with Gasteiger partial charge in [-0.25, -0.2) is 0 Å². The first-order valence-corrected chi connectivity index (χ1v) is 16.9. The average Bonchev–Trinajstić information content (AvgIpc) is 3.38. The zero-order chi connectivity index (χ0) is 30.1. The second-order valence-electron chi connectivity index (χ2n) is 16.2. The van der Waals surface area contributed by atoms with Crippen molar-refractivity contribution in [1.29, 1.82) is 0 Å². The third kappa shape index (κ3) is 4.25. The van der Waals surface area contributed by atoms with E-state index >= 15 is 0 Å². The van der Waals surface area contributed by atoms with Crippen molar-refractivity contribution in [3.05, 3.63) is 48.0 Å². The lowest BCUT2D eigenvalue weighted by atomic mass is 9.33. The zero-order valence-corrected chi connectivity index (χ0v) is 27.5. The van der Waals surface area contributed by atoms with Crippen LogP contribution in [0.4, 0.5) is 0 Å². The molecule has 0 spiro atoms. The van der Waals surface area contributed by atoms with Gasteiger partial charge >= 0.3 is 0 Å². The molecule has 0 aromatic heterocycles. The van der Waals surface area contributed by atoms with E-state index in [2.05, 4.69) is 64.7 Å². The molecule has 0 bridgehead atoms. The van der Waals surface area contributed by atoms with Gasteiger partial charge < -0.3 is 19.9 Å². The van der Waals surface area contributed by atoms with E-state index in [-0.39, 0.29) is 23.0 Å². The smallest absolute Gasteiger partial charge is 0.169 e. The van der Waals surface area contributed by atoms with E-state index < -0.39 is 0 Å². The number of rotatable bonds is 7. The normalized spacial score (nSPS) is 42.2. The van der Waals surface area contributed by atoms with Gasteiger partial charge in [-0.2, -0.15) is 0 Å². The third-order valence-electron chi connectivity index (χ3n) is 14.6. The number of hydrogen-bond acceptors (Lipinski definition) is 4. The molecule has 42 heavy (non-hydrogen) atoms. The fraction of sp³-hybridized carbons (Fsp3) is 0.737. The number of nitrogens with one attached hydrogen (secondary N) is 1. The van der Waals surface area contributed by atoms with Crippen LogP contribution in [0.3, 0.4) is 0 Å². The number of ether oxygens (including phenoxy) is 2. The Hall–Kier alpha value is -1.62. The first-order valence-electron chi connectivity index (χ1n) is 16.9. The summed E-state index contributed by atoms with van der Waals surface area (Å²) in [5, 5.41) is 13.9. The molecule has 4 saturated carbocycles. The summed E-state index contributed by atoms with van der Waals surface area (Å²) in [4.78, 5) is 0. The number of aliphatic hydroxyl groups excluding tert-OH is 1. The standard InChI is InChI=1S/C38H57NO3/c1-25(40)26-11-13-27(14-12-26)28-17-20-35(4)31(34(28,2)3)18-21-37(6)32(35)16-15-29-30-10-9-19-38(30,23-22-36(29,37)5)39-24-33(41-7)42-8/h11-14,17,29-33,39-40H,1,9-10,15-16,18-24H2,2-8H3/t29?,30-,31+,32-,35?,36-,37?,38+/m1/s1. The van der Waals surface area contributed by atoms with E-state index in [1.54, 1.807) is 14.2 Å². The molecule has 8 atom stereocenters. The minimum absolute atomic E-state index is 0.111. The molecule has 0 saturated heterocycles. The molecule has 4 fully saturated rings. The summed E-state index contributed by atoms with van der Waals surface area (Å²) < 4.78 is 11.1. The zero-order valence-electron chi connectivity index (χ0n) is 27.5. The van der Waals surface area contributed by atoms with Crippen LogP contribution in [-0.2, 0) is 9.47 Å². The van der Waals surface area contributed by atoms with Gasteiger partial charge in [0.15, 0.2) is 6.29 Å². The van der Waals surface area contributed by atoms with Crippen LogP contribution in [0.25, 0.3) is 11.3 Å². The molecule has 232 valence electrons. The summed E-state index contributed by atoms with van der Waals surface area (Å²) in [6.07, 6.45) is 15.7. The topological polar surface area (TPSA) is 50.7 Å². The molecule has 2 N–H and O–H groups in total. The van der Waals surface area contributed by atoms with Gasteiger partial charge in [0, 0.05) is 31.9 Å². The predicted octanol–water partition coefficient (Wildman–Crippen LogP) is 9.02. The molecule has 3 unspecified atom stereocenters. The molecular weight excluding hydrogens is 518 g/mol. The van der Waals surface area contributed by atoms with Crippen molar-refractivity contribution in [2.75, 3.05) is 20.8 Å². The molecular formula is C38H57NO3. The predicted molar refractivity (Wildman–Crippen MR) is 173 cm³/mol. The summed E-state index contributed by atoms with van der Waals surface area (Å²) in [6.45, 7) is 17.7. The number of methoxy groups -OCH3 is 2. The fourth-order valence-electron chi connectivity index (χ4n) is 12.4. The van der Waals surface area contributed by atoms with E-state index in [9.17, 15) is 5.11 Å². The molecule has 6 rings (SSSR count). The van der Waals surface area contributed by atoms with Crippen molar-refractivity contribution in [2.24, 2.45) is 45.3 Å². The fourth-order valence-corrected chi connectivity index (χ4v) is 12.4. The molecule has 0 heterocycles. The van der Waals surface area contributed by atoms with Crippen LogP contribution in [0, 0.1) is 45.3 Å². The van der Waals surface area contributed by atoms with Crippen LogP contribution >= 0.6 is 0 Å². The average molecular weight is 576 g/mol. The molecule has 1 aromatic rings. The van der Waals surface area contributed by atoms with Gasteiger partial charge in [-0.15, -0.1) is 0 Å². The van der Waals surface area contributed by atoms with Gasteiger partial charge in [0.25, 0.3) is 0 Å². The Kier molecular flexibility index (Phi) is 7.59. The van der Waals surface area contributed by atoms with Gasteiger partial charge in [0.2, 0.25) is 0 Å². The SMILES string of the molecule is C=C(O)c1ccc(C2=CCC3(C)[C@H]4CCC5[C@H]6CCC[C@]6(NCC(OC)OC)CC[C@@]5(C)C4(C)CC[C@H]3C2(C)C)cc1. The van der Waals surface area contributed by atoms with E-state index in [0.717, 1.165) is 29.9 Å². The van der Waals surface area contributed by atoms with Gasteiger partial charge in [-0.3, -0.25) is 0 Å². The van der Waals surface area contributed by atoms with E-state index in [1.807, 2.05) is 12.1 Å². The van der Waals surface area contributed by atoms with Gasteiger partial charge in [-0.1, -0.05) is 78.0 Å². The quantitative estimate of drug-likeness (QED) is 0.252. The maximum Gasteiger partial charge on any atom is 0.169 e. The van der Waals surface area contributed by atoms with Gasteiger partial charge in [0.05, 0.1) is 0 Å². The molecule has 1 aromatic carbocycles. The molecule has 4 nitrogen and oxygen atoms in total. The lowest BCUT2D eigenvalue weighted by Gasteiger charge is -2.72. The molecule has 5 aliphatic rings. The highest BCUT2D eigenvalue weighted by Crippen LogP contribution is 2.76. The molecule has 5 aliphatic carbocycles. The van der Waals surface area contributed by atoms with Crippen LogP contribution < -0.4 is 5.32 Å². The van der Waals surface area contributed by atoms with Gasteiger partial charge in [-0.05, 0) is 114 Å². The van der Waals surface area contributed by atoms with Crippen LogP contribution in [0.5, 0.6) is 0 Å². The van der Waals surface area contributed by atoms with Crippen molar-refractivity contribution < 1.29 is 14.6 Å². The maximum absolute atomic E-state index is 9.86. The molecule has 0 aliphatic heterocycles. The first kappa shape index (κ1) is 30.4. The Balaban J connectivity index is 1.29. The molecule has 4 heteroatoms. The Morgan fingerprint density at radius 1 is 0.881 bits per heavy atom. The summed E-state index contributed by atoms with van der Waals surface area (Å²) in [5.74, 6) is 3.14. The van der Waals surface area contributed by atoms with Crippen LogP contribution in [0.1, 0.15) is 110 Å². The van der Waals surface area contributed by atoms with E-state index in [1.165, 1.54) is 75.3 Å². The van der Waals surface area contributed by atoms with E-state index in [0.29, 0.717) is 22.2 Å². The summed E-state index contributed by atoms with van der Waals surface area (Å²) in [7, 11) is 3.51. The van der Waals surface area contributed by atoms with Gasteiger partial charge in [0.1, 0.15) is 5.76 Å². The third-order valence-corrected chi connectivity index (χ3v) is 14.6. The lowest BCUT2D eigenvalue weighted by molar-refractivity contribution is -0.217. The molecule has 0 amide bonds. The van der Waals surface area contributed by atoms with E-state index in [4.69, 9.17) is 9.47 Å². The number of hydrogen-bond donors (Lipinski definition) is 2. The summed E-state index contributed by atoms with van der Waals surface area (Å²) >= 11 is 0. The largest absolute Gasteiger partial charge is 0.508 e. The monoisotopic (exact) mass is 575 g/mol. The highest BCUT2D eigenvalue weighted by Gasteiger charge is 2.69. The number of aliphatic hydroxyl groups is 1. The summed E-state index contributed by atoms with van der Waals surface area (Å²) in [5.41, 5.74) is 5.06. The molecule has 0 radical (unpaired) electrons. The van der Waals surface area contributed by atoms with Crippen LogP contribution in [-0.4, -0.2) is 37.7 Å². The highest BCUT2D eigenvalue weighted by molar-refractivity contribution is 5.73. The minimum atomic E-state index is -0.169. The van der Waals surface area contributed by atoms with Crippen molar-refractivity contribution in [1.82, 2.24) is 5.32 Å². The first-order chi connectivity index (χ1) is 19.9.